The highest BCUT2D eigenvalue weighted by Gasteiger charge is 2.02. The molecule has 0 saturated heterocycles. The molecule has 0 fully saturated rings. The zero-order chi connectivity index (χ0) is 12.4. The van der Waals surface area contributed by atoms with E-state index >= 15 is 0 Å². The molecule has 3 aromatic heterocycles. The molecule has 0 aromatic carbocycles. The van der Waals surface area contributed by atoms with Gasteiger partial charge in [-0.05, 0) is 42.3 Å². The summed E-state index contributed by atoms with van der Waals surface area (Å²) in [5.41, 5.74) is 3.18. The lowest BCUT2D eigenvalue weighted by molar-refractivity contribution is 0.947. The molecule has 0 aliphatic rings. The van der Waals surface area contributed by atoms with Gasteiger partial charge in [-0.3, -0.25) is 4.98 Å². The van der Waals surface area contributed by atoms with Crippen LogP contribution in [0.1, 0.15) is 11.1 Å². The van der Waals surface area contributed by atoms with Crippen LogP contribution in [0.5, 0.6) is 0 Å². The van der Waals surface area contributed by atoms with Crippen LogP contribution in [0.4, 0.5) is 5.95 Å². The molecule has 18 heavy (non-hydrogen) atoms. The fourth-order valence-corrected chi connectivity index (χ4v) is 1.74. The molecule has 5 nitrogen and oxygen atoms in total. The van der Waals surface area contributed by atoms with Crippen LogP contribution >= 0.6 is 0 Å². The van der Waals surface area contributed by atoms with Gasteiger partial charge in [0, 0.05) is 25.1 Å². The standard InChI is InChI=1S/C13H13N5/c1-10-4-7-18-12(8-10)16-13(17-18)15-9-11-2-5-14-6-3-11/h2-8H,9H2,1H3,(H,15,17). The lowest BCUT2D eigenvalue weighted by atomic mass is 10.3. The lowest BCUT2D eigenvalue weighted by Gasteiger charge is -2.00. The Balaban J connectivity index is 1.79. The molecule has 1 N–H and O–H groups in total. The summed E-state index contributed by atoms with van der Waals surface area (Å²) < 4.78 is 1.77. The zero-order valence-corrected chi connectivity index (χ0v) is 10.0. The first-order valence-corrected chi connectivity index (χ1v) is 5.77. The summed E-state index contributed by atoms with van der Waals surface area (Å²) in [5, 5.41) is 7.55. The van der Waals surface area contributed by atoms with Gasteiger partial charge in [0.25, 0.3) is 0 Å². The van der Waals surface area contributed by atoms with Gasteiger partial charge in [-0.15, -0.1) is 5.10 Å². The van der Waals surface area contributed by atoms with Crippen molar-refractivity contribution in [3.8, 4) is 0 Å². The monoisotopic (exact) mass is 239 g/mol. The molecule has 0 aliphatic carbocycles. The van der Waals surface area contributed by atoms with E-state index in [0.29, 0.717) is 12.5 Å². The zero-order valence-electron chi connectivity index (χ0n) is 10.0. The van der Waals surface area contributed by atoms with Gasteiger partial charge in [0.05, 0.1) is 0 Å². The third-order valence-electron chi connectivity index (χ3n) is 2.69. The number of nitrogens with zero attached hydrogens (tertiary/aromatic N) is 4. The smallest absolute Gasteiger partial charge is 0.243 e. The van der Waals surface area contributed by atoms with Crippen LogP contribution in [0.2, 0.25) is 0 Å². The summed E-state index contributed by atoms with van der Waals surface area (Å²) in [6.07, 6.45) is 5.46. The summed E-state index contributed by atoms with van der Waals surface area (Å²) in [6, 6.07) is 7.94. The topological polar surface area (TPSA) is 55.1 Å². The molecule has 0 saturated carbocycles. The molecule has 3 aromatic rings. The Labute approximate surface area is 105 Å². The van der Waals surface area contributed by atoms with Gasteiger partial charge in [0.1, 0.15) is 0 Å². The van der Waals surface area contributed by atoms with Gasteiger partial charge in [-0.25, -0.2) is 4.52 Å². The molecule has 0 aliphatic heterocycles. The maximum Gasteiger partial charge on any atom is 0.243 e. The molecule has 0 unspecified atom stereocenters. The van der Waals surface area contributed by atoms with Crippen molar-refractivity contribution in [2.24, 2.45) is 0 Å². The van der Waals surface area contributed by atoms with Gasteiger partial charge in [0.15, 0.2) is 5.65 Å². The van der Waals surface area contributed by atoms with Crippen molar-refractivity contribution in [1.82, 2.24) is 19.6 Å². The number of pyridine rings is 2. The highest BCUT2D eigenvalue weighted by atomic mass is 15.3. The summed E-state index contributed by atoms with van der Waals surface area (Å²) >= 11 is 0. The largest absolute Gasteiger partial charge is 0.349 e. The lowest BCUT2D eigenvalue weighted by Crippen LogP contribution is -2.01. The summed E-state index contributed by atoms with van der Waals surface area (Å²) in [6.45, 7) is 2.73. The third-order valence-corrected chi connectivity index (χ3v) is 2.69. The first-order valence-electron chi connectivity index (χ1n) is 5.77. The molecule has 3 rings (SSSR count). The van der Waals surface area contributed by atoms with Gasteiger partial charge in [0.2, 0.25) is 5.95 Å². The van der Waals surface area contributed by atoms with Gasteiger partial charge >= 0.3 is 0 Å². The second-order valence-corrected chi connectivity index (χ2v) is 4.15. The number of nitrogens with one attached hydrogen (secondary N) is 1. The minimum Gasteiger partial charge on any atom is -0.349 e. The van der Waals surface area contributed by atoms with E-state index in [1.54, 1.807) is 16.9 Å². The van der Waals surface area contributed by atoms with Gasteiger partial charge in [-0.2, -0.15) is 4.98 Å². The highest BCUT2D eigenvalue weighted by molar-refractivity contribution is 5.45. The van der Waals surface area contributed by atoms with Gasteiger partial charge < -0.3 is 5.32 Å². The highest BCUT2D eigenvalue weighted by Crippen LogP contribution is 2.08. The first-order chi connectivity index (χ1) is 8.81. The minimum absolute atomic E-state index is 0.636. The Morgan fingerprint density at radius 1 is 1.22 bits per heavy atom. The molecule has 5 heteroatoms. The number of aryl methyl sites for hydroxylation is 1. The van der Waals surface area contributed by atoms with Crippen LogP contribution in [-0.4, -0.2) is 19.6 Å². The van der Waals surface area contributed by atoms with E-state index in [4.69, 9.17) is 0 Å². The van der Waals surface area contributed by atoms with E-state index in [2.05, 4.69) is 20.4 Å². The predicted molar refractivity (Wildman–Crippen MR) is 69.3 cm³/mol. The molecule has 0 radical (unpaired) electrons. The first kappa shape index (κ1) is 10.7. The number of fused-ring (bicyclic) bond motifs is 1. The second kappa shape index (κ2) is 4.44. The van der Waals surface area contributed by atoms with E-state index in [1.807, 2.05) is 37.4 Å². The Hall–Kier alpha value is -2.43. The van der Waals surface area contributed by atoms with E-state index in [9.17, 15) is 0 Å². The maximum absolute atomic E-state index is 4.41. The van der Waals surface area contributed by atoms with Crippen molar-refractivity contribution >= 4 is 11.6 Å². The van der Waals surface area contributed by atoms with E-state index in [0.717, 1.165) is 11.2 Å². The number of hydrogen-bond donors (Lipinski definition) is 1. The maximum atomic E-state index is 4.41. The van der Waals surface area contributed by atoms with Crippen LogP contribution in [0.15, 0.2) is 42.9 Å². The number of rotatable bonds is 3. The minimum atomic E-state index is 0.636. The number of aromatic nitrogens is 4. The molecular weight excluding hydrogens is 226 g/mol. The average molecular weight is 239 g/mol. The fraction of sp³-hybridized carbons (Fsp3) is 0.154. The molecule has 3 heterocycles. The molecule has 0 atom stereocenters. The molecular formula is C13H13N5. The van der Waals surface area contributed by atoms with Crippen molar-refractivity contribution in [2.45, 2.75) is 13.5 Å². The second-order valence-electron chi connectivity index (χ2n) is 4.15. The molecule has 0 spiro atoms. The average Bonchev–Trinajstić information content (AvgIpc) is 2.79. The summed E-state index contributed by atoms with van der Waals surface area (Å²) in [5.74, 6) is 0.636. The normalized spacial score (nSPS) is 10.7. The number of anilines is 1. The van der Waals surface area contributed by atoms with Crippen LogP contribution in [-0.2, 0) is 6.54 Å². The third kappa shape index (κ3) is 2.15. The fourth-order valence-electron chi connectivity index (χ4n) is 1.74. The van der Waals surface area contributed by atoms with Crippen molar-refractivity contribution in [3.63, 3.8) is 0 Å². The van der Waals surface area contributed by atoms with Crippen molar-refractivity contribution in [2.75, 3.05) is 5.32 Å². The predicted octanol–water partition coefficient (Wildman–Crippen LogP) is 2.04. The quantitative estimate of drug-likeness (QED) is 0.760. The van der Waals surface area contributed by atoms with E-state index in [1.165, 1.54) is 5.56 Å². The van der Waals surface area contributed by atoms with Crippen molar-refractivity contribution in [1.29, 1.82) is 0 Å². The van der Waals surface area contributed by atoms with E-state index < -0.39 is 0 Å². The molecule has 0 amide bonds. The van der Waals surface area contributed by atoms with Crippen LogP contribution in [0, 0.1) is 6.92 Å². The SMILES string of the molecule is Cc1ccn2nc(NCc3ccncc3)nc2c1. The Morgan fingerprint density at radius 2 is 2.06 bits per heavy atom. The van der Waals surface area contributed by atoms with Crippen LogP contribution in [0.25, 0.3) is 5.65 Å². The van der Waals surface area contributed by atoms with Crippen LogP contribution < -0.4 is 5.32 Å². The van der Waals surface area contributed by atoms with E-state index in [-0.39, 0.29) is 0 Å². The summed E-state index contributed by atoms with van der Waals surface area (Å²) in [7, 11) is 0. The Bertz CT molecular complexity index is 659. The van der Waals surface area contributed by atoms with Gasteiger partial charge in [-0.1, -0.05) is 0 Å². The van der Waals surface area contributed by atoms with Crippen LogP contribution in [0.3, 0.4) is 0 Å². The Morgan fingerprint density at radius 3 is 2.89 bits per heavy atom. The summed E-state index contributed by atoms with van der Waals surface area (Å²) in [4.78, 5) is 8.40. The Kier molecular flexibility index (Phi) is 2.64. The molecule has 0 bridgehead atoms. The number of hydrogen-bond acceptors (Lipinski definition) is 4. The molecule has 90 valence electrons. The van der Waals surface area contributed by atoms with Crippen molar-refractivity contribution < 1.29 is 0 Å². The van der Waals surface area contributed by atoms with Crippen molar-refractivity contribution in [3.05, 3.63) is 54.0 Å².